The van der Waals surface area contributed by atoms with Crippen molar-refractivity contribution in [3.8, 4) is 5.75 Å². The number of Topliss-reactive ketones (excluding diaryl/α,β-unsaturated/α-hetero) is 1. The van der Waals surface area contributed by atoms with E-state index in [0.717, 1.165) is 0 Å². The van der Waals surface area contributed by atoms with Gasteiger partial charge in [0.05, 0.1) is 13.0 Å². The van der Waals surface area contributed by atoms with Gasteiger partial charge in [-0.15, -0.1) is 0 Å². The Morgan fingerprint density at radius 2 is 2.05 bits per heavy atom. The van der Waals surface area contributed by atoms with Gasteiger partial charge in [-0.1, -0.05) is 0 Å². The van der Waals surface area contributed by atoms with Crippen molar-refractivity contribution >= 4 is 5.78 Å². The van der Waals surface area contributed by atoms with Gasteiger partial charge in [-0.3, -0.25) is 4.79 Å². The predicted molar refractivity (Wildman–Crippen MR) is 67.6 cm³/mol. The zero-order chi connectivity index (χ0) is 13.7. The molecule has 5 heteroatoms. The van der Waals surface area contributed by atoms with Gasteiger partial charge in [0.25, 0.3) is 0 Å². The lowest BCUT2D eigenvalue weighted by Gasteiger charge is -2.06. The molecule has 0 fully saturated rings. The molecule has 0 amide bonds. The number of hydrogen-bond donors (Lipinski definition) is 0. The molecule has 0 N–H and O–H groups in total. The van der Waals surface area contributed by atoms with E-state index in [1.165, 1.54) is 12.1 Å². The summed E-state index contributed by atoms with van der Waals surface area (Å²) in [5.74, 6) is -0.202. The summed E-state index contributed by atoms with van der Waals surface area (Å²) < 4.78 is 18.7. The van der Waals surface area contributed by atoms with Crippen LogP contribution in [0.1, 0.15) is 23.1 Å². The maximum absolute atomic E-state index is 13.6. The Bertz CT molecular complexity index is 573. The average Bonchev–Trinajstić information content (AvgIpc) is 2.42. The van der Waals surface area contributed by atoms with Crippen molar-refractivity contribution in [3.63, 3.8) is 0 Å². The lowest BCUT2D eigenvalue weighted by molar-refractivity contribution is 0.0990. The fraction of sp³-hybridized carbons (Fsp3) is 0.214. The summed E-state index contributed by atoms with van der Waals surface area (Å²) in [5, 5.41) is 0. The molecule has 0 saturated carbocycles. The zero-order valence-electron chi connectivity index (χ0n) is 10.5. The zero-order valence-corrected chi connectivity index (χ0v) is 10.5. The minimum atomic E-state index is -0.540. The number of aromatic nitrogens is 2. The van der Waals surface area contributed by atoms with Crippen molar-refractivity contribution < 1.29 is 13.9 Å². The van der Waals surface area contributed by atoms with Crippen molar-refractivity contribution in [3.05, 3.63) is 53.9 Å². The van der Waals surface area contributed by atoms with E-state index >= 15 is 0 Å². The summed E-state index contributed by atoms with van der Waals surface area (Å²) in [6.07, 6.45) is 3.18. The monoisotopic (exact) mass is 260 g/mol. The molecule has 1 aromatic carbocycles. The van der Waals surface area contributed by atoms with Crippen LogP contribution in [-0.2, 0) is 6.42 Å². The maximum atomic E-state index is 13.6. The third-order valence-electron chi connectivity index (χ3n) is 2.49. The maximum Gasteiger partial charge on any atom is 0.170 e. The molecular formula is C14H13FN2O2. The third kappa shape index (κ3) is 3.34. The fourth-order valence-corrected chi connectivity index (χ4v) is 1.61. The van der Waals surface area contributed by atoms with Crippen LogP contribution in [0.2, 0.25) is 0 Å². The van der Waals surface area contributed by atoms with E-state index in [2.05, 4.69) is 9.97 Å². The van der Waals surface area contributed by atoms with Crippen molar-refractivity contribution in [2.45, 2.75) is 13.3 Å². The van der Waals surface area contributed by atoms with Crippen molar-refractivity contribution in [2.75, 3.05) is 6.61 Å². The van der Waals surface area contributed by atoms with Crippen molar-refractivity contribution in [1.29, 1.82) is 0 Å². The SMILES string of the molecule is CCOc1ccc(C(=O)Cc2ncccn2)cc1F. The lowest BCUT2D eigenvalue weighted by Crippen LogP contribution is -2.07. The van der Waals surface area contributed by atoms with Gasteiger partial charge in [0, 0.05) is 18.0 Å². The van der Waals surface area contributed by atoms with Gasteiger partial charge in [-0.2, -0.15) is 0 Å². The number of carbonyl (C=O) groups excluding carboxylic acids is 1. The summed E-state index contributed by atoms with van der Waals surface area (Å²) in [6, 6.07) is 5.85. The molecule has 4 nitrogen and oxygen atoms in total. The largest absolute Gasteiger partial charge is 0.491 e. The molecule has 98 valence electrons. The standard InChI is InChI=1S/C14H13FN2O2/c1-2-19-13-5-4-10(8-11(13)15)12(18)9-14-16-6-3-7-17-14/h3-8H,2,9H2,1H3. The minimum Gasteiger partial charge on any atom is -0.491 e. The van der Waals surface area contributed by atoms with Crippen molar-refractivity contribution in [1.82, 2.24) is 9.97 Å². The Morgan fingerprint density at radius 1 is 1.32 bits per heavy atom. The molecular weight excluding hydrogens is 247 g/mol. The van der Waals surface area contributed by atoms with Crippen LogP contribution in [0.4, 0.5) is 4.39 Å². The number of carbonyl (C=O) groups is 1. The molecule has 0 aliphatic heterocycles. The van der Waals surface area contributed by atoms with Crippen LogP contribution in [0.3, 0.4) is 0 Å². The van der Waals surface area contributed by atoms with Crippen LogP contribution in [0.25, 0.3) is 0 Å². The molecule has 0 bridgehead atoms. The van der Waals surface area contributed by atoms with Crippen LogP contribution in [-0.4, -0.2) is 22.4 Å². The number of hydrogen-bond acceptors (Lipinski definition) is 4. The molecule has 19 heavy (non-hydrogen) atoms. The first-order valence-corrected chi connectivity index (χ1v) is 5.92. The number of halogens is 1. The fourth-order valence-electron chi connectivity index (χ4n) is 1.61. The van der Waals surface area contributed by atoms with Gasteiger partial charge in [-0.05, 0) is 31.2 Å². The first-order valence-electron chi connectivity index (χ1n) is 5.92. The number of rotatable bonds is 5. The number of ketones is 1. The summed E-state index contributed by atoms with van der Waals surface area (Å²) in [5.41, 5.74) is 0.286. The lowest BCUT2D eigenvalue weighted by atomic mass is 10.1. The van der Waals surface area contributed by atoms with E-state index in [-0.39, 0.29) is 23.5 Å². The van der Waals surface area contributed by atoms with Crippen LogP contribution in [0.15, 0.2) is 36.7 Å². The molecule has 0 aliphatic rings. The molecule has 0 spiro atoms. The van der Waals surface area contributed by atoms with Gasteiger partial charge in [-0.25, -0.2) is 14.4 Å². The van der Waals surface area contributed by atoms with E-state index in [0.29, 0.717) is 12.4 Å². The van der Waals surface area contributed by atoms with E-state index in [9.17, 15) is 9.18 Å². The molecule has 2 aromatic rings. The van der Waals surface area contributed by atoms with E-state index < -0.39 is 5.82 Å². The Morgan fingerprint density at radius 3 is 2.68 bits per heavy atom. The Hall–Kier alpha value is -2.30. The molecule has 1 heterocycles. The van der Waals surface area contributed by atoms with Crippen LogP contribution < -0.4 is 4.74 Å². The highest BCUT2D eigenvalue weighted by atomic mass is 19.1. The Kier molecular flexibility index (Phi) is 4.18. The smallest absolute Gasteiger partial charge is 0.170 e. The van der Waals surface area contributed by atoms with E-state index in [1.807, 2.05) is 0 Å². The average molecular weight is 260 g/mol. The molecule has 2 rings (SSSR count). The van der Waals surface area contributed by atoms with Crippen molar-refractivity contribution in [2.24, 2.45) is 0 Å². The Labute approximate surface area is 110 Å². The second-order valence-electron chi connectivity index (χ2n) is 3.84. The van der Waals surface area contributed by atoms with E-state index in [1.54, 1.807) is 31.5 Å². The third-order valence-corrected chi connectivity index (χ3v) is 2.49. The minimum absolute atomic E-state index is 0.0499. The Balaban J connectivity index is 2.14. The highest BCUT2D eigenvalue weighted by Gasteiger charge is 2.12. The molecule has 0 radical (unpaired) electrons. The van der Waals surface area contributed by atoms with Gasteiger partial charge >= 0.3 is 0 Å². The molecule has 1 aromatic heterocycles. The van der Waals surface area contributed by atoms with Crippen LogP contribution >= 0.6 is 0 Å². The summed E-state index contributed by atoms with van der Waals surface area (Å²) in [6.45, 7) is 2.15. The summed E-state index contributed by atoms with van der Waals surface area (Å²) in [7, 11) is 0. The van der Waals surface area contributed by atoms with Gasteiger partial charge in [0.15, 0.2) is 17.3 Å². The van der Waals surface area contributed by atoms with Gasteiger partial charge in [0.1, 0.15) is 5.82 Å². The molecule has 0 atom stereocenters. The van der Waals surface area contributed by atoms with E-state index in [4.69, 9.17) is 4.74 Å². The summed E-state index contributed by atoms with van der Waals surface area (Å²) in [4.78, 5) is 19.9. The first-order chi connectivity index (χ1) is 9.20. The normalized spacial score (nSPS) is 10.2. The number of ether oxygens (including phenoxy) is 1. The second-order valence-corrected chi connectivity index (χ2v) is 3.84. The molecule has 0 saturated heterocycles. The summed E-state index contributed by atoms with van der Waals surface area (Å²) >= 11 is 0. The second kappa shape index (κ2) is 6.04. The highest BCUT2D eigenvalue weighted by Crippen LogP contribution is 2.19. The van der Waals surface area contributed by atoms with Gasteiger partial charge in [0.2, 0.25) is 0 Å². The number of benzene rings is 1. The van der Waals surface area contributed by atoms with Gasteiger partial charge < -0.3 is 4.74 Å². The van der Waals surface area contributed by atoms with Crippen LogP contribution in [0, 0.1) is 5.82 Å². The van der Waals surface area contributed by atoms with Crippen LogP contribution in [0.5, 0.6) is 5.75 Å². The highest BCUT2D eigenvalue weighted by molar-refractivity contribution is 5.97. The molecule has 0 aliphatic carbocycles. The number of nitrogens with zero attached hydrogens (tertiary/aromatic N) is 2. The predicted octanol–water partition coefficient (Wildman–Crippen LogP) is 2.44. The first kappa shape index (κ1) is 13.1. The topological polar surface area (TPSA) is 52.1 Å². The molecule has 0 unspecified atom stereocenters. The quantitative estimate of drug-likeness (QED) is 0.775.